The maximum absolute atomic E-state index is 12.1. The molecule has 1 amide bonds. The van der Waals surface area contributed by atoms with Crippen molar-refractivity contribution in [3.63, 3.8) is 0 Å². The molecule has 0 radical (unpaired) electrons. The fraction of sp³-hybridized carbons (Fsp3) is 0.133. The zero-order valence-electron chi connectivity index (χ0n) is 10.5. The third-order valence-corrected chi connectivity index (χ3v) is 3.72. The van der Waals surface area contributed by atoms with Crippen molar-refractivity contribution in [3.05, 3.63) is 64.1 Å². The Morgan fingerprint density at radius 2 is 1.95 bits per heavy atom. The van der Waals surface area contributed by atoms with E-state index in [1.54, 1.807) is 11.8 Å². The predicted octanol–water partition coefficient (Wildman–Crippen LogP) is 4.56. The van der Waals surface area contributed by atoms with E-state index in [9.17, 15) is 4.79 Å². The third kappa shape index (κ3) is 4.11. The van der Waals surface area contributed by atoms with E-state index in [4.69, 9.17) is 0 Å². The zero-order chi connectivity index (χ0) is 13.7. The number of benzene rings is 2. The van der Waals surface area contributed by atoms with Gasteiger partial charge in [0.25, 0.3) is 5.91 Å². The second-order valence-electron chi connectivity index (χ2n) is 4.09. The highest BCUT2D eigenvalue weighted by molar-refractivity contribution is 9.10. The summed E-state index contributed by atoms with van der Waals surface area (Å²) in [6, 6.07) is 15.3. The van der Waals surface area contributed by atoms with E-state index in [1.807, 2.05) is 48.5 Å². The predicted molar refractivity (Wildman–Crippen MR) is 85.8 cm³/mol. The molecular weight excluding hydrogens is 322 g/mol. The second-order valence-corrected chi connectivity index (χ2v) is 5.88. The van der Waals surface area contributed by atoms with Gasteiger partial charge in [-0.1, -0.05) is 34.1 Å². The van der Waals surface area contributed by atoms with Gasteiger partial charge in [-0.15, -0.1) is 0 Å². The number of nitrogens with one attached hydrogen (secondary N) is 1. The minimum absolute atomic E-state index is 0.0891. The van der Waals surface area contributed by atoms with Gasteiger partial charge in [-0.05, 0) is 42.2 Å². The fourth-order valence-corrected chi connectivity index (χ4v) is 2.61. The molecule has 0 aliphatic rings. The summed E-state index contributed by atoms with van der Waals surface area (Å²) < 4.78 is 0.945. The van der Waals surface area contributed by atoms with Gasteiger partial charge in [0.05, 0.1) is 0 Å². The van der Waals surface area contributed by atoms with E-state index >= 15 is 0 Å². The Bertz CT molecular complexity index is 569. The highest BCUT2D eigenvalue weighted by Gasteiger charge is 2.06. The molecular formula is C15H14BrNOS. The van der Waals surface area contributed by atoms with Crippen LogP contribution in [0.2, 0.25) is 0 Å². The van der Waals surface area contributed by atoms with Crippen LogP contribution in [-0.2, 0) is 5.75 Å². The Morgan fingerprint density at radius 3 is 2.58 bits per heavy atom. The summed E-state index contributed by atoms with van der Waals surface area (Å²) in [7, 11) is 0. The van der Waals surface area contributed by atoms with Gasteiger partial charge in [-0.2, -0.15) is 11.8 Å². The van der Waals surface area contributed by atoms with Gasteiger partial charge in [0.15, 0.2) is 0 Å². The molecule has 0 saturated carbocycles. The number of hydrogen-bond acceptors (Lipinski definition) is 2. The molecule has 2 rings (SSSR count). The standard InChI is InChI=1S/C15H14BrNOS/c1-19-10-11-5-7-12(8-6-11)15(18)17-14-4-2-3-13(16)9-14/h2-9H,10H2,1H3,(H,17,18). The minimum atomic E-state index is -0.0891. The highest BCUT2D eigenvalue weighted by Crippen LogP contribution is 2.17. The van der Waals surface area contributed by atoms with E-state index in [-0.39, 0.29) is 5.91 Å². The van der Waals surface area contributed by atoms with Crippen molar-refractivity contribution in [2.24, 2.45) is 0 Å². The maximum atomic E-state index is 12.1. The van der Waals surface area contributed by atoms with Crippen LogP contribution < -0.4 is 5.32 Å². The first-order valence-corrected chi connectivity index (χ1v) is 8.02. The highest BCUT2D eigenvalue weighted by atomic mass is 79.9. The van der Waals surface area contributed by atoms with E-state index in [0.717, 1.165) is 15.9 Å². The van der Waals surface area contributed by atoms with Crippen LogP contribution in [0.4, 0.5) is 5.69 Å². The average molecular weight is 336 g/mol. The Balaban J connectivity index is 2.07. The van der Waals surface area contributed by atoms with Crippen molar-refractivity contribution in [3.8, 4) is 0 Å². The number of rotatable bonds is 4. The summed E-state index contributed by atoms with van der Waals surface area (Å²) >= 11 is 5.15. The topological polar surface area (TPSA) is 29.1 Å². The molecule has 0 atom stereocenters. The first-order valence-electron chi connectivity index (χ1n) is 5.84. The van der Waals surface area contributed by atoms with Crippen LogP contribution in [0.3, 0.4) is 0 Å². The monoisotopic (exact) mass is 335 g/mol. The number of carbonyl (C=O) groups is 1. The average Bonchev–Trinajstić information content (AvgIpc) is 2.40. The summed E-state index contributed by atoms with van der Waals surface area (Å²) in [6.07, 6.45) is 2.06. The number of thioether (sulfide) groups is 1. The van der Waals surface area contributed by atoms with Crippen molar-refractivity contribution in [1.29, 1.82) is 0 Å². The molecule has 0 aliphatic heterocycles. The van der Waals surface area contributed by atoms with Crippen LogP contribution in [0.1, 0.15) is 15.9 Å². The zero-order valence-corrected chi connectivity index (χ0v) is 12.9. The first-order chi connectivity index (χ1) is 9.19. The molecule has 0 heterocycles. The normalized spacial score (nSPS) is 10.2. The lowest BCUT2D eigenvalue weighted by Crippen LogP contribution is -2.11. The smallest absolute Gasteiger partial charge is 0.255 e. The lowest BCUT2D eigenvalue weighted by molar-refractivity contribution is 0.102. The molecule has 2 aromatic rings. The lowest BCUT2D eigenvalue weighted by atomic mass is 10.1. The van der Waals surface area contributed by atoms with E-state index in [1.165, 1.54) is 5.56 Å². The number of carbonyl (C=O) groups excluding carboxylic acids is 1. The van der Waals surface area contributed by atoms with Crippen LogP contribution in [0, 0.1) is 0 Å². The molecule has 0 fully saturated rings. The molecule has 2 aromatic carbocycles. The molecule has 98 valence electrons. The molecule has 0 bridgehead atoms. The maximum Gasteiger partial charge on any atom is 0.255 e. The van der Waals surface area contributed by atoms with Crippen LogP contribution in [0.25, 0.3) is 0 Å². The van der Waals surface area contributed by atoms with Gasteiger partial charge in [0.2, 0.25) is 0 Å². The summed E-state index contributed by atoms with van der Waals surface area (Å²) in [4.78, 5) is 12.1. The van der Waals surface area contributed by atoms with Crippen LogP contribution in [-0.4, -0.2) is 12.2 Å². The van der Waals surface area contributed by atoms with Crippen LogP contribution in [0.5, 0.6) is 0 Å². The molecule has 0 spiro atoms. The number of amides is 1. The second kappa shape index (κ2) is 6.78. The lowest BCUT2D eigenvalue weighted by Gasteiger charge is -2.06. The van der Waals surface area contributed by atoms with Gasteiger partial charge in [-0.3, -0.25) is 4.79 Å². The molecule has 0 aliphatic carbocycles. The van der Waals surface area contributed by atoms with E-state index in [2.05, 4.69) is 27.5 Å². The molecule has 19 heavy (non-hydrogen) atoms. The largest absolute Gasteiger partial charge is 0.322 e. The van der Waals surface area contributed by atoms with Crippen molar-refractivity contribution >= 4 is 39.3 Å². The quantitative estimate of drug-likeness (QED) is 0.886. The van der Waals surface area contributed by atoms with Gasteiger partial charge in [-0.25, -0.2) is 0 Å². The first kappa shape index (κ1) is 14.2. The van der Waals surface area contributed by atoms with Gasteiger partial charge < -0.3 is 5.32 Å². The van der Waals surface area contributed by atoms with Gasteiger partial charge in [0.1, 0.15) is 0 Å². The summed E-state index contributed by atoms with van der Waals surface area (Å²) in [6.45, 7) is 0. The van der Waals surface area contributed by atoms with Crippen molar-refractivity contribution in [1.82, 2.24) is 0 Å². The van der Waals surface area contributed by atoms with Crippen molar-refractivity contribution < 1.29 is 4.79 Å². The molecule has 0 aromatic heterocycles. The van der Waals surface area contributed by atoms with Crippen LogP contribution >= 0.6 is 27.7 Å². The third-order valence-electron chi connectivity index (χ3n) is 2.61. The van der Waals surface area contributed by atoms with Crippen molar-refractivity contribution in [2.45, 2.75) is 5.75 Å². The Labute approximate surface area is 125 Å². The minimum Gasteiger partial charge on any atom is -0.322 e. The SMILES string of the molecule is CSCc1ccc(C(=O)Nc2cccc(Br)c2)cc1. The molecule has 4 heteroatoms. The Kier molecular flexibility index (Phi) is 5.05. The Hall–Kier alpha value is -1.26. The van der Waals surface area contributed by atoms with E-state index in [0.29, 0.717) is 5.56 Å². The van der Waals surface area contributed by atoms with Crippen molar-refractivity contribution in [2.75, 3.05) is 11.6 Å². The summed E-state index contributed by atoms with van der Waals surface area (Å²) in [5.41, 5.74) is 2.68. The fourth-order valence-electron chi connectivity index (χ4n) is 1.69. The molecule has 2 nitrogen and oxygen atoms in total. The van der Waals surface area contributed by atoms with E-state index < -0.39 is 0 Å². The summed E-state index contributed by atoms with van der Waals surface area (Å²) in [5.74, 6) is 0.877. The van der Waals surface area contributed by atoms with Gasteiger partial charge in [0, 0.05) is 21.5 Å². The molecule has 0 unspecified atom stereocenters. The van der Waals surface area contributed by atoms with Gasteiger partial charge >= 0.3 is 0 Å². The molecule has 0 saturated heterocycles. The summed E-state index contributed by atoms with van der Waals surface area (Å²) in [5, 5.41) is 2.88. The number of hydrogen-bond donors (Lipinski definition) is 1. The van der Waals surface area contributed by atoms with Crippen LogP contribution in [0.15, 0.2) is 53.0 Å². The molecule has 1 N–H and O–H groups in total. The number of anilines is 1. The number of halogens is 1. The Morgan fingerprint density at radius 1 is 1.21 bits per heavy atom.